The molecule has 0 unspecified atom stereocenters. The van der Waals surface area contributed by atoms with E-state index in [0.29, 0.717) is 17.1 Å². The van der Waals surface area contributed by atoms with E-state index in [0.717, 1.165) is 19.4 Å². The van der Waals surface area contributed by atoms with Crippen LogP contribution in [0, 0.1) is 0 Å². The molecule has 0 fully saturated rings. The average molecular weight is 275 g/mol. The molecule has 1 aromatic carbocycles. The van der Waals surface area contributed by atoms with E-state index in [4.69, 9.17) is 10.5 Å². The van der Waals surface area contributed by atoms with Gasteiger partial charge in [0.2, 0.25) is 0 Å². The van der Waals surface area contributed by atoms with E-state index < -0.39 is 5.91 Å². The van der Waals surface area contributed by atoms with E-state index in [1.165, 1.54) is 0 Å². The van der Waals surface area contributed by atoms with Crippen LogP contribution in [0.25, 0.3) is 0 Å². The minimum absolute atomic E-state index is 0.195. The van der Waals surface area contributed by atoms with Gasteiger partial charge in [0.1, 0.15) is 12.4 Å². The summed E-state index contributed by atoms with van der Waals surface area (Å²) in [6.07, 6.45) is 2.06. The second-order valence-corrected chi connectivity index (χ2v) is 4.32. The lowest BCUT2D eigenvalue weighted by atomic mass is 10.2. The van der Waals surface area contributed by atoms with E-state index in [1.54, 1.807) is 28.9 Å². The van der Waals surface area contributed by atoms with Gasteiger partial charge in [0.05, 0.1) is 5.56 Å². The van der Waals surface area contributed by atoms with Crippen molar-refractivity contribution in [3.63, 3.8) is 0 Å². The predicted molar refractivity (Wildman–Crippen MR) is 72.0 cm³/mol. The third-order valence-corrected chi connectivity index (χ3v) is 2.84. The highest BCUT2D eigenvalue weighted by Gasteiger charge is 2.11. The zero-order valence-electron chi connectivity index (χ0n) is 11.3. The van der Waals surface area contributed by atoms with Gasteiger partial charge >= 0.3 is 0 Å². The van der Waals surface area contributed by atoms with Crippen LogP contribution in [-0.4, -0.2) is 26.1 Å². The number of hydrogen-bond donors (Lipinski definition) is 1. The molecule has 2 N–H and O–H groups in total. The summed E-state index contributed by atoms with van der Waals surface area (Å²) in [5.41, 5.74) is 5.64. The smallest absolute Gasteiger partial charge is 0.252 e. The summed E-state index contributed by atoms with van der Waals surface area (Å²) in [4.78, 5) is 11.3. The Morgan fingerprint density at radius 2 is 2.20 bits per heavy atom. The van der Waals surface area contributed by atoms with Gasteiger partial charge in [-0.05, 0) is 29.0 Å². The van der Waals surface area contributed by atoms with Gasteiger partial charge in [-0.25, -0.2) is 4.68 Å². The lowest BCUT2D eigenvalue weighted by Crippen LogP contribution is -2.14. The Labute approximate surface area is 116 Å². The molecule has 2 aromatic rings. The zero-order chi connectivity index (χ0) is 14.4. The highest BCUT2D eigenvalue weighted by atomic mass is 16.5. The molecule has 7 heteroatoms. The van der Waals surface area contributed by atoms with Crippen LogP contribution < -0.4 is 10.5 Å². The van der Waals surface area contributed by atoms with Crippen molar-refractivity contribution in [3.05, 3.63) is 35.7 Å². The predicted octanol–water partition coefficient (Wildman–Crippen LogP) is 1.15. The first-order valence-electron chi connectivity index (χ1n) is 6.49. The number of amides is 1. The molecule has 0 bridgehead atoms. The Bertz CT molecular complexity index is 582. The fourth-order valence-corrected chi connectivity index (χ4v) is 1.75. The van der Waals surface area contributed by atoms with Crippen LogP contribution in [-0.2, 0) is 13.2 Å². The molecule has 0 aliphatic carbocycles. The van der Waals surface area contributed by atoms with Crippen molar-refractivity contribution in [2.45, 2.75) is 32.9 Å². The summed E-state index contributed by atoms with van der Waals surface area (Å²) in [5.74, 6) is 0.536. The molecular formula is C13H17N5O2. The number of ether oxygens (including phenoxy) is 1. The summed E-state index contributed by atoms with van der Waals surface area (Å²) in [7, 11) is 0. The quantitative estimate of drug-likeness (QED) is 0.817. The van der Waals surface area contributed by atoms with Crippen molar-refractivity contribution in [2.75, 3.05) is 0 Å². The number of tetrazole rings is 1. The molecule has 1 heterocycles. The maximum atomic E-state index is 11.3. The highest BCUT2D eigenvalue weighted by molar-refractivity contribution is 5.95. The SMILES string of the molecule is CCCCn1nnnc1COc1ccccc1C(N)=O. The van der Waals surface area contributed by atoms with Crippen LogP contribution in [0.1, 0.15) is 35.9 Å². The lowest BCUT2D eigenvalue weighted by Gasteiger charge is -2.09. The summed E-state index contributed by atoms with van der Waals surface area (Å²) in [5, 5.41) is 11.5. The van der Waals surface area contributed by atoms with Crippen LogP contribution in [0.15, 0.2) is 24.3 Å². The number of aromatic nitrogens is 4. The molecule has 0 saturated heterocycles. The van der Waals surface area contributed by atoms with E-state index in [1.807, 2.05) is 0 Å². The van der Waals surface area contributed by atoms with Crippen molar-refractivity contribution in [3.8, 4) is 5.75 Å². The van der Waals surface area contributed by atoms with Gasteiger partial charge in [0, 0.05) is 6.54 Å². The number of primary amides is 1. The van der Waals surface area contributed by atoms with Gasteiger partial charge < -0.3 is 10.5 Å². The van der Waals surface area contributed by atoms with Crippen molar-refractivity contribution >= 4 is 5.91 Å². The summed E-state index contributed by atoms with van der Waals surface area (Å²) >= 11 is 0. The molecule has 20 heavy (non-hydrogen) atoms. The first kappa shape index (κ1) is 14.0. The van der Waals surface area contributed by atoms with Gasteiger partial charge in [0.15, 0.2) is 5.82 Å². The number of hydrogen-bond acceptors (Lipinski definition) is 5. The van der Waals surface area contributed by atoms with E-state index in [9.17, 15) is 4.79 Å². The Kier molecular flexibility index (Phi) is 4.65. The Morgan fingerprint density at radius 1 is 1.40 bits per heavy atom. The van der Waals surface area contributed by atoms with Crippen molar-refractivity contribution in [1.82, 2.24) is 20.2 Å². The molecule has 0 radical (unpaired) electrons. The molecule has 2 rings (SSSR count). The Balaban J connectivity index is 2.06. The fourth-order valence-electron chi connectivity index (χ4n) is 1.75. The normalized spacial score (nSPS) is 10.4. The molecule has 106 valence electrons. The van der Waals surface area contributed by atoms with Crippen LogP contribution in [0.2, 0.25) is 0 Å². The minimum Gasteiger partial charge on any atom is -0.485 e. The van der Waals surface area contributed by atoms with Gasteiger partial charge in [-0.3, -0.25) is 4.79 Å². The third-order valence-electron chi connectivity index (χ3n) is 2.84. The molecule has 0 aliphatic rings. The van der Waals surface area contributed by atoms with Crippen LogP contribution in [0.3, 0.4) is 0 Å². The molecule has 7 nitrogen and oxygen atoms in total. The number of unbranched alkanes of at least 4 members (excludes halogenated alkanes) is 1. The summed E-state index contributed by atoms with van der Waals surface area (Å²) in [6.45, 7) is 3.05. The van der Waals surface area contributed by atoms with Gasteiger partial charge in [-0.2, -0.15) is 0 Å². The number of aryl methyl sites for hydroxylation is 1. The molecule has 0 spiro atoms. The Hall–Kier alpha value is -2.44. The zero-order valence-corrected chi connectivity index (χ0v) is 11.3. The summed E-state index contributed by atoms with van der Waals surface area (Å²) in [6, 6.07) is 6.83. The molecule has 0 aliphatic heterocycles. The first-order chi connectivity index (χ1) is 9.72. The second kappa shape index (κ2) is 6.65. The first-order valence-corrected chi connectivity index (χ1v) is 6.49. The van der Waals surface area contributed by atoms with Crippen LogP contribution in [0.4, 0.5) is 0 Å². The Morgan fingerprint density at radius 3 is 2.95 bits per heavy atom. The number of nitrogens with zero attached hydrogens (tertiary/aromatic N) is 4. The largest absolute Gasteiger partial charge is 0.485 e. The second-order valence-electron chi connectivity index (χ2n) is 4.32. The van der Waals surface area contributed by atoms with Gasteiger partial charge in [-0.1, -0.05) is 25.5 Å². The van der Waals surface area contributed by atoms with Crippen molar-refractivity contribution in [1.29, 1.82) is 0 Å². The monoisotopic (exact) mass is 275 g/mol. The molecule has 1 amide bonds. The molecule has 0 saturated carbocycles. The van der Waals surface area contributed by atoms with E-state index in [2.05, 4.69) is 22.4 Å². The van der Waals surface area contributed by atoms with E-state index in [-0.39, 0.29) is 6.61 Å². The number of carbonyl (C=O) groups excluding carboxylic acids is 1. The number of benzene rings is 1. The fraction of sp³-hybridized carbons (Fsp3) is 0.385. The van der Waals surface area contributed by atoms with Crippen molar-refractivity contribution in [2.24, 2.45) is 5.73 Å². The maximum absolute atomic E-state index is 11.3. The number of para-hydroxylation sites is 1. The molecular weight excluding hydrogens is 258 g/mol. The van der Waals surface area contributed by atoms with Crippen molar-refractivity contribution < 1.29 is 9.53 Å². The van der Waals surface area contributed by atoms with Crippen LogP contribution in [0.5, 0.6) is 5.75 Å². The van der Waals surface area contributed by atoms with Crippen LogP contribution >= 0.6 is 0 Å². The lowest BCUT2D eigenvalue weighted by molar-refractivity contribution is 0.0995. The number of carbonyl (C=O) groups is 1. The third kappa shape index (κ3) is 3.31. The topological polar surface area (TPSA) is 95.9 Å². The minimum atomic E-state index is -0.522. The highest BCUT2D eigenvalue weighted by Crippen LogP contribution is 2.18. The number of nitrogens with two attached hydrogens (primary N) is 1. The van der Waals surface area contributed by atoms with E-state index >= 15 is 0 Å². The molecule has 0 atom stereocenters. The molecule has 1 aromatic heterocycles. The average Bonchev–Trinajstić information content (AvgIpc) is 2.90. The van der Waals surface area contributed by atoms with Gasteiger partial charge in [0.25, 0.3) is 5.91 Å². The number of rotatable bonds is 7. The van der Waals surface area contributed by atoms with Gasteiger partial charge in [-0.15, -0.1) is 5.10 Å². The standard InChI is InChI=1S/C13H17N5O2/c1-2-3-8-18-12(15-16-17-18)9-20-11-7-5-4-6-10(11)13(14)19/h4-7H,2-3,8-9H2,1H3,(H2,14,19). The summed E-state index contributed by atoms with van der Waals surface area (Å²) < 4.78 is 7.30. The maximum Gasteiger partial charge on any atom is 0.252 e.